The Kier molecular flexibility index (Phi) is 7.17. The van der Waals surface area contributed by atoms with E-state index in [1.165, 1.54) is 24.1 Å². The molecule has 4 rings (SSSR count). The van der Waals surface area contributed by atoms with Crippen LogP contribution in [-0.4, -0.2) is 17.7 Å². The fraction of sp³-hybridized carbons (Fsp3) is 0.107. The number of halogens is 1. The molecule has 0 fully saturated rings. The predicted octanol–water partition coefficient (Wildman–Crippen LogP) is 6.77. The van der Waals surface area contributed by atoms with Gasteiger partial charge in [0, 0.05) is 21.7 Å². The Hall–Kier alpha value is -3.79. The summed E-state index contributed by atoms with van der Waals surface area (Å²) in [5, 5.41) is 9.42. The second kappa shape index (κ2) is 10.4. The average Bonchev–Trinajstić information content (AvgIpc) is 2.86. The summed E-state index contributed by atoms with van der Waals surface area (Å²) in [5.74, 6) is 4.39. The summed E-state index contributed by atoms with van der Waals surface area (Å²) in [5.41, 5.74) is 4.61. The van der Waals surface area contributed by atoms with E-state index in [1.54, 1.807) is 6.07 Å². The Balaban J connectivity index is 1.92. The molecule has 0 unspecified atom stereocenters. The van der Waals surface area contributed by atoms with Crippen LogP contribution in [0, 0.1) is 17.7 Å². The van der Waals surface area contributed by atoms with Crippen molar-refractivity contribution in [3.63, 3.8) is 0 Å². The highest BCUT2D eigenvalue weighted by molar-refractivity contribution is 7.97. The molecule has 1 heterocycles. The van der Waals surface area contributed by atoms with E-state index in [2.05, 4.69) is 21.5 Å². The minimum absolute atomic E-state index is 0.367. The number of anilines is 2. The molecule has 0 radical (unpaired) electrons. The third-order valence-electron chi connectivity index (χ3n) is 5.37. The van der Waals surface area contributed by atoms with Crippen LogP contribution in [0.5, 0.6) is 0 Å². The second-order valence-electron chi connectivity index (χ2n) is 7.53. The Morgan fingerprint density at radius 1 is 1.15 bits per heavy atom. The fourth-order valence-electron chi connectivity index (χ4n) is 3.69. The first-order valence-electron chi connectivity index (χ1n) is 10.8. The number of benzene rings is 3. The largest absolute Gasteiger partial charge is 0.478 e. The zero-order chi connectivity index (χ0) is 24.1. The quantitative estimate of drug-likeness (QED) is 0.250. The van der Waals surface area contributed by atoms with E-state index >= 15 is 0 Å². The molecule has 3 aromatic rings. The highest BCUT2D eigenvalue weighted by atomic mass is 32.2. The Labute approximate surface area is 202 Å². The van der Waals surface area contributed by atoms with Crippen LogP contribution in [0.15, 0.2) is 89.4 Å². The molecule has 0 bridgehead atoms. The van der Waals surface area contributed by atoms with Crippen molar-refractivity contribution in [2.45, 2.75) is 18.7 Å². The number of aromatic carboxylic acids is 1. The summed E-state index contributed by atoms with van der Waals surface area (Å²) in [6.07, 6.45) is 5.79. The highest BCUT2D eigenvalue weighted by Crippen LogP contribution is 2.41. The van der Waals surface area contributed by atoms with Gasteiger partial charge in [-0.1, -0.05) is 54.3 Å². The zero-order valence-corrected chi connectivity index (χ0v) is 19.6. The van der Waals surface area contributed by atoms with E-state index in [0.29, 0.717) is 12.2 Å². The summed E-state index contributed by atoms with van der Waals surface area (Å²) in [4.78, 5) is 14.7. The van der Waals surface area contributed by atoms with Gasteiger partial charge in [0.05, 0.1) is 17.9 Å². The molecule has 1 aliphatic rings. The maximum atomic E-state index is 14.1. The zero-order valence-electron chi connectivity index (χ0n) is 18.8. The first kappa shape index (κ1) is 23.4. The molecule has 1 aliphatic heterocycles. The Bertz CT molecular complexity index is 1350. The van der Waals surface area contributed by atoms with Crippen LogP contribution in [0.1, 0.15) is 29.8 Å². The van der Waals surface area contributed by atoms with E-state index in [9.17, 15) is 14.3 Å². The molecule has 4 nitrogen and oxygen atoms in total. The Morgan fingerprint density at radius 2 is 1.94 bits per heavy atom. The normalized spacial score (nSPS) is 13.4. The number of hydrogen-bond donors (Lipinski definition) is 2. The monoisotopic (exact) mass is 470 g/mol. The molecule has 0 saturated heterocycles. The van der Waals surface area contributed by atoms with Gasteiger partial charge in [-0.05, 0) is 73.3 Å². The molecule has 0 amide bonds. The number of rotatable bonds is 4. The van der Waals surface area contributed by atoms with Crippen LogP contribution in [0.3, 0.4) is 0 Å². The first-order valence-corrected chi connectivity index (χ1v) is 11.6. The number of allylic oxidation sites excluding steroid dienone is 4. The third kappa shape index (κ3) is 4.91. The molecule has 0 spiro atoms. The van der Waals surface area contributed by atoms with Gasteiger partial charge in [0.25, 0.3) is 0 Å². The van der Waals surface area contributed by atoms with Crippen molar-refractivity contribution in [2.75, 3.05) is 11.6 Å². The van der Waals surface area contributed by atoms with Crippen LogP contribution >= 0.6 is 11.9 Å². The second-order valence-corrected chi connectivity index (χ2v) is 8.46. The van der Waals surface area contributed by atoms with E-state index in [4.69, 9.17) is 0 Å². The fourth-order valence-corrected chi connectivity index (χ4v) is 4.49. The summed E-state index contributed by atoms with van der Waals surface area (Å²) in [6.45, 7) is 4.48. The number of carboxylic acids is 1. The molecule has 34 heavy (non-hydrogen) atoms. The van der Waals surface area contributed by atoms with Gasteiger partial charge in [0.1, 0.15) is 5.82 Å². The first-order chi connectivity index (χ1) is 16.5. The molecule has 0 atom stereocenters. The summed E-state index contributed by atoms with van der Waals surface area (Å²) in [6, 6.07) is 18.2. The highest BCUT2D eigenvalue weighted by Gasteiger charge is 2.22. The molecule has 170 valence electrons. The summed E-state index contributed by atoms with van der Waals surface area (Å²) in [7, 11) is 0. The van der Waals surface area contributed by atoms with Gasteiger partial charge in [0.15, 0.2) is 0 Å². The van der Waals surface area contributed by atoms with Crippen LogP contribution in [0.2, 0.25) is 0 Å². The number of carboxylic acid groups (broad SMARTS) is 1. The van der Waals surface area contributed by atoms with E-state index < -0.39 is 11.8 Å². The summed E-state index contributed by atoms with van der Waals surface area (Å²) >= 11 is 1.50. The number of nitrogens with zero attached hydrogens (tertiary/aromatic N) is 1. The lowest BCUT2D eigenvalue weighted by molar-refractivity contribution is 0.0692. The molecular formula is C28H23FN2O2S. The molecular weight excluding hydrogens is 447 g/mol. The number of para-hydroxylation sites is 1. The third-order valence-corrected chi connectivity index (χ3v) is 6.19. The maximum absolute atomic E-state index is 14.1. The maximum Gasteiger partial charge on any atom is 0.338 e. The molecule has 3 aromatic carbocycles. The van der Waals surface area contributed by atoms with Gasteiger partial charge < -0.3 is 10.0 Å². The summed E-state index contributed by atoms with van der Waals surface area (Å²) < 4.78 is 17.4. The molecule has 2 N–H and O–H groups in total. The smallest absolute Gasteiger partial charge is 0.338 e. The van der Waals surface area contributed by atoms with Crippen LogP contribution < -0.4 is 9.62 Å². The van der Waals surface area contributed by atoms with Crippen molar-refractivity contribution < 1.29 is 14.3 Å². The van der Waals surface area contributed by atoms with Gasteiger partial charge in [-0.25, -0.2) is 13.9 Å². The lowest BCUT2D eigenvalue weighted by atomic mass is 9.96. The van der Waals surface area contributed by atoms with E-state index in [1.807, 2.05) is 74.5 Å². The van der Waals surface area contributed by atoms with E-state index in [0.717, 1.165) is 33.0 Å². The van der Waals surface area contributed by atoms with Crippen molar-refractivity contribution >= 4 is 29.3 Å². The minimum Gasteiger partial charge on any atom is -0.478 e. The van der Waals surface area contributed by atoms with E-state index in [-0.39, 0.29) is 5.56 Å². The average molecular weight is 471 g/mol. The van der Waals surface area contributed by atoms with Crippen molar-refractivity contribution in [1.29, 1.82) is 0 Å². The predicted molar refractivity (Wildman–Crippen MR) is 137 cm³/mol. The van der Waals surface area contributed by atoms with Gasteiger partial charge in [-0.2, -0.15) is 0 Å². The number of fused-ring (bicyclic) bond motifs is 1. The van der Waals surface area contributed by atoms with Crippen LogP contribution in [0.25, 0.3) is 11.1 Å². The Morgan fingerprint density at radius 3 is 2.65 bits per heavy atom. The van der Waals surface area contributed by atoms with Crippen LogP contribution in [-0.2, 0) is 0 Å². The molecule has 6 heteroatoms. The number of nitrogens with one attached hydrogen (secondary N) is 1. The van der Waals surface area contributed by atoms with Gasteiger partial charge in [-0.15, -0.1) is 0 Å². The number of hydrogen-bond acceptors (Lipinski definition) is 4. The molecule has 0 aromatic heterocycles. The lowest BCUT2D eigenvalue weighted by Gasteiger charge is -2.32. The van der Waals surface area contributed by atoms with Crippen LogP contribution in [0.4, 0.5) is 15.8 Å². The van der Waals surface area contributed by atoms with Crippen molar-refractivity contribution in [3.05, 3.63) is 101 Å². The molecule has 0 saturated carbocycles. The molecule has 0 aliphatic carbocycles. The van der Waals surface area contributed by atoms with Crippen molar-refractivity contribution in [3.8, 4) is 23.0 Å². The van der Waals surface area contributed by atoms with Gasteiger partial charge >= 0.3 is 5.97 Å². The SMILES string of the molecule is C/C=C\C(C#Cc1cc2c(cc1-c1ccc(F)c(C(=O)O)c1)SNCN2c1ccccc1)=C/C. The van der Waals surface area contributed by atoms with Gasteiger partial charge in [-0.3, -0.25) is 0 Å². The van der Waals surface area contributed by atoms with Crippen molar-refractivity contribution in [1.82, 2.24) is 4.72 Å². The topological polar surface area (TPSA) is 52.6 Å². The minimum atomic E-state index is -1.31. The standard InChI is InChI=1S/C28H23FN2O2S/c1-3-8-19(4-2)11-12-21-16-26-27(34-30-18-31(26)22-9-6-5-7-10-22)17-23(21)20-13-14-25(29)24(15-20)28(32)33/h3-10,13-17,30H,18H2,1-2H3,(H,32,33)/b8-3-,19-4+. The lowest BCUT2D eigenvalue weighted by Crippen LogP contribution is -2.30. The van der Waals surface area contributed by atoms with Gasteiger partial charge in [0.2, 0.25) is 0 Å². The van der Waals surface area contributed by atoms with Crippen molar-refractivity contribution in [2.24, 2.45) is 0 Å². The number of carbonyl (C=O) groups is 1.